The van der Waals surface area contributed by atoms with Gasteiger partial charge in [0.2, 0.25) is 0 Å². The molecule has 0 bridgehead atoms. The molecule has 0 saturated heterocycles. The van der Waals surface area contributed by atoms with E-state index in [9.17, 15) is 0 Å². The molecule has 0 atom stereocenters. The van der Waals surface area contributed by atoms with E-state index in [0.29, 0.717) is 18.2 Å². The van der Waals surface area contributed by atoms with Gasteiger partial charge in [0.25, 0.3) is 0 Å². The minimum atomic E-state index is 0.481. The second-order valence-electron chi connectivity index (χ2n) is 4.39. The van der Waals surface area contributed by atoms with E-state index in [4.69, 9.17) is 10.5 Å². The Kier molecular flexibility index (Phi) is 3.85. The third-order valence-corrected chi connectivity index (χ3v) is 2.91. The Labute approximate surface area is 112 Å². The Morgan fingerprint density at radius 2 is 2.05 bits per heavy atom. The highest BCUT2D eigenvalue weighted by atomic mass is 16.5. The highest BCUT2D eigenvalue weighted by Crippen LogP contribution is 2.26. The van der Waals surface area contributed by atoms with Crippen molar-refractivity contribution in [1.29, 1.82) is 0 Å². The minimum absolute atomic E-state index is 0.481. The van der Waals surface area contributed by atoms with Crippen LogP contribution in [-0.4, -0.2) is 17.1 Å². The molecule has 100 valence electrons. The van der Waals surface area contributed by atoms with Crippen molar-refractivity contribution in [2.45, 2.75) is 20.4 Å². The zero-order valence-corrected chi connectivity index (χ0v) is 11.4. The van der Waals surface area contributed by atoms with Crippen LogP contribution in [0.1, 0.15) is 17.0 Å². The summed E-state index contributed by atoms with van der Waals surface area (Å²) >= 11 is 0. The SMILES string of the molecule is COc1cc(C)c(NCc2nccc(N)n2)cc1C. The van der Waals surface area contributed by atoms with Crippen molar-refractivity contribution in [2.75, 3.05) is 18.2 Å². The number of anilines is 2. The largest absolute Gasteiger partial charge is 0.496 e. The van der Waals surface area contributed by atoms with Crippen LogP contribution in [0.3, 0.4) is 0 Å². The Morgan fingerprint density at radius 1 is 1.26 bits per heavy atom. The number of nitrogens with zero attached hydrogens (tertiary/aromatic N) is 2. The van der Waals surface area contributed by atoms with E-state index in [0.717, 1.165) is 22.6 Å². The van der Waals surface area contributed by atoms with Gasteiger partial charge in [0.05, 0.1) is 13.7 Å². The number of hydrogen-bond donors (Lipinski definition) is 2. The number of hydrogen-bond acceptors (Lipinski definition) is 5. The molecule has 0 amide bonds. The molecule has 5 heteroatoms. The summed E-state index contributed by atoms with van der Waals surface area (Å²) in [5.41, 5.74) is 8.87. The zero-order chi connectivity index (χ0) is 13.8. The van der Waals surface area contributed by atoms with Crippen molar-refractivity contribution >= 4 is 11.5 Å². The third-order valence-electron chi connectivity index (χ3n) is 2.91. The molecule has 0 saturated carbocycles. The lowest BCUT2D eigenvalue weighted by atomic mass is 10.1. The van der Waals surface area contributed by atoms with Crippen LogP contribution in [0.25, 0.3) is 0 Å². The van der Waals surface area contributed by atoms with E-state index in [1.807, 2.05) is 19.9 Å². The highest BCUT2D eigenvalue weighted by molar-refractivity contribution is 5.57. The van der Waals surface area contributed by atoms with Crippen molar-refractivity contribution in [1.82, 2.24) is 9.97 Å². The van der Waals surface area contributed by atoms with Crippen LogP contribution in [-0.2, 0) is 6.54 Å². The number of ether oxygens (including phenoxy) is 1. The van der Waals surface area contributed by atoms with Gasteiger partial charge in [-0.3, -0.25) is 0 Å². The first kappa shape index (κ1) is 13.1. The standard InChI is InChI=1S/C14H18N4O/c1-9-7-12(19-3)10(2)6-11(9)17-8-14-16-5-4-13(15)18-14/h4-7,17H,8H2,1-3H3,(H2,15,16,18). The summed E-state index contributed by atoms with van der Waals surface area (Å²) in [4.78, 5) is 8.32. The maximum atomic E-state index is 5.62. The molecule has 1 aromatic carbocycles. The van der Waals surface area contributed by atoms with Gasteiger partial charge in [-0.15, -0.1) is 0 Å². The molecule has 0 radical (unpaired) electrons. The fourth-order valence-electron chi connectivity index (χ4n) is 1.87. The zero-order valence-electron chi connectivity index (χ0n) is 11.4. The molecule has 0 aliphatic rings. The summed E-state index contributed by atoms with van der Waals surface area (Å²) in [6.45, 7) is 4.59. The lowest BCUT2D eigenvalue weighted by Gasteiger charge is -2.13. The van der Waals surface area contributed by atoms with Crippen molar-refractivity contribution in [3.05, 3.63) is 41.3 Å². The van der Waals surface area contributed by atoms with Gasteiger partial charge in [-0.05, 0) is 43.2 Å². The molecule has 5 nitrogen and oxygen atoms in total. The summed E-state index contributed by atoms with van der Waals surface area (Å²) in [7, 11) is 1.68. The van der Waals surface area contributed by atoms with E-state index in [1.54, 1.807) is 19.4 Å². The Bertz CT molecular complexity index is 584. The molecule has 0 unspecified atom stereocenters. The second-order valence-corrected chi connectivity index (χ2v) is 4.39. The van der Waals surface area contributed by atoms with Gasteiger partial charge in [0, 0.05) is 11.9 Å². The van der Waals surface area contributed by atoms with Gasteiger partial charge >= 0.3 is 0 Å². The predicted octanol–water partition coefficient (Wildman–Crippen LogP) is 2.30. The first-order valence-electron chi connectivity index (χ1n) is 6.06. The van der Waals surface area contributed by atoms with Crippen LogP contribution in [0.2, 0.25) is 0 Å². The number of benzene rings is 1. The van der Waals surface area contributed by atoms with Crippen molar-refractivity contribution in [3.8, 4) is 5.75 Å². The van der Waals surface area contributed by atoms with Crippen molar-refractivity contribution in [2.24, 2.45) is 0 Å². The number of nitrogen functional groups attached to an aromatic ring is 1. The van der Waals surface area contributed by atoms with Crippen LogP contribution in [0.15, 0.2) is 24.4 Å². The Hall–Kier alpha value is -2.30. The molecule has 0 aliphatic carbocycles. The Morgan fingerprint density at radius 3 is 2.74 bits per heavy atom. The summed E-state index contributed by atoms with van der Waals surface area (Å²) in [6, 6.07) is 5.74. The van der Waals surface area contributed by atoms with Crippen LogP contribution >= 0.6 is 0 Å². The monoisotopic (exact) mass is 258 g/mol. The number of methoxy groups -OCH3 is 1. The van der Waals surface area contributed by atoms with Crippen LogP contribution in [0, 0.1) is 13.8 Å². The average Bonchev–Trinajstić information content (AvgIpc) is 2.39. The molecular formula is C14H18N4O. The number of nitrogens with two attached hydrogens (primary N) is 1. The van der Waals surface area contributed by atoms with E-state index < -0.39 is 0 Å². The highest BCUT2D eigenvalue weighted by Gasteiger charge is 2.05. The molecule has 2 aromatic rings. The first-order valence-corrected chi connectivity index (χ1v) is 6.06. The van der Waals surface area contributed by atoms with Crippen LogP contribution in [0.4, 0.5) is 11.5 Å². The molecule has 0 aliphatic heterocycles. The van der Waals surface area contributed by atoms with Gasteiger partial charge in [0.15, 0.2) is 0 Å². The third kappa shape index (κ3) is 3.13. The summed E-state index contributed by atoms with van der Waals surface area (Å²) in [5.74, 6) is 2.05. The van der Waals surface area contributed by atoms with E-state index in [-0.39, 0.29) is 0 Å². The normalized spacial score (nSPS) is 10.3. The molecule has 1 heterocycles. The fraction of sp³-hybridized carbons (Fsp3) is 0.286. The minimum Gasteiger partial charge on any atom is -0.496 e. The number of rotatable bonds is 4. The maximum absolute atomic E-state index is 5.62. The van der Waals surface area contributed by atoms with Crippen LogP contribution < -0.4 is 15.8 Å². The molecule has 2 rings (SSSR count). The number of nitrogens with one attached hydrogen (secondary N) is 1. The summed E-state index contributed by atoms with van der Waals surface area (Å²) in [5, 5.41) is 3.31. The van der Waals surface area contributed by atoms with Gasteiger partial charge in [-0.2, -0.15) is 0 Å². The Balaban J connectivity index is 2.13. The quantitative estimate of drug-likeness (QED) is 0.880. The number of aryl methyl sites for hydroxylation is 2. The molecule has 0 fully saturated rings. The smallest absolute Gasteiger partial charge is 0.149 e. The predicted molar refractivity (Wildman–Crippen MR) is 76.2 cm³/mol. The van der Waals surface area contributed by atoms with Gasteiger partial charge < -0.3 is 15.8 Å². The van der Waals surface area contributed by atoms with Crippen molar-refractivity contribution in [3.63, 3.8) is 0 Å². The lowest BCUT2D eigenvalue weighted by molar-refractivity contribution is 0.411. The molecule has 1 aromatic heterocycles. The van der Waals surface area contributed by atoms with E-state index >= 15 is 0 Å². The second kappa shape index (κ2) is 5.56. The fourth-order valence-corrected chi connectivity index (χ4v) is 1.87. The van der Waals surface area contributed by atoms with Gasteiger partial charge in [-0.25, -0.2) is 9.97 Å². The van der Waals surface area contributed by atoms with E-state index in [2.05, 4.69) is 21.4 Å². The topological polar surface area (TPSA) is 73.1 Å². The van der Waals surface area contributed by atoms with Crippen LogP contribution in [0.5, 0.6) is 5.75 Å². The molecule has 0 spiro atoms. The summed E-state index contributed by atoms with van der Waals surface area (Å²) in [6.07, 6.45) is 1.66. The lowest BCUT2D eigenvalue weighted by Crippen LogP contribution is -2.07. The average molecular weight is 258 g/mol. The summed E-state index contributed by atoms with van der Waals surface area (Å²) < 4.78 is 5.29. The number of aromatic nitrogens is 2. The molecule has 19 heavy (non-hydrogen) atoms. The maximum Gasteiger partial charge on any atom is 0.149 e. The van der Waals surface area contributed by atoms with Crippen molar-refractivity contribution < 1.29 is 4.74 Å². The van der Waals surface area contributed by atoms with E-state index in [1.165, 1.54) is 0 Å². The molecular weight excluding hydrogens is 240 g/mol. The van der Waals surface area contributed by atoms with Gasteiger partial charge in [-0.1, -0.05) is 0 Å². The molecule has 3 N–H and O–H groups in total. The van der Waals surface area contributed by atoms with Gasteiger partial charge in [0.1, 0.15) is 17.4 Å². The first-order chi connectivity index (χ1) is 9.10.